The summed E-state index contributed by atoms with van der Waals surface area (Å²) in [4.78, 5) is 17.4. The van der Waals surface area contributed by atoms with E-state index >= 15 is 0 Å². The van der Waals surface area contributed by atoms with Crippen LogP contribution in [0.5, 0.6) is 0 Å². The molecular weight excluding hydrogens is 306 g/mol. The van der Waals surface area contributed by atoms with Crippen LogP contribution in [0.25, 0.3) is 0 Å². The zero-order valence-corrected chi connectivity index (χ0v) is 14.9. The first-order valence-corrected chi connectivity index (χ1v) is 9.12. The molecule has 2 aliphatic rings. The third-order valence-electron chi connectivity index (χ3n) is 5.04. The molecule has 134 valence electrons. The number of rotatable bonds is 6. The van der Waals surface area contributed by atoms with Gasteiger partial charge in [-0.15, -0.1) is 0 Å². The van der Waals surface area contributed by atoms with Crippen molar-refractivity contribution in [3.63, 3.8) is 0 Å². The van der Waals surface area contributed by atoms with Gasteiger partial charge in [0, 0.05) is 63.5 Å². The van der Waals surface area contributed by atoms with Crippen molar-refractivity contribution in [3.8, 4) is 0 Å². The first-order chi connectivity index (χ1) is 11.7. The van der Waals surface area contributed by atoms with Crippen LogP contribution in [-0.4, -0.2) is 77.9 Å². The second-order valence-electron chi connectivity index (χ2n) is 6.42. The van der Waals surface area contributed by atoms with Crippen LogP contribution in [0.4, 0.5) is 0 Å². The number of likely N-dealkylation sites (N-methyl/N-ethyl adjacent to an activating group) is 1. The highest BCUT2D eigenvalue weighted by Gasteiger charge is 2.25. The largest absolute Gasteiger partial charge is 0.376 e. The van der Waals surface area contributed by atoms with Crippen molar-refractivity contribution in [2.24, 2.45) is 0 Å². The molecule has 0 bridgehead atoms. The lowest BCUT2D eigenvalue weighted by Gasteiger charge is -2.33. The zero-order chi connectivity index (χ0) is 16.9. The molecule has 7 nitrogen and oxygen atoms in total. The molecule has 3 heterocycles. The molecule has 0 aliphatic carbocycles. The van der Waals surface area contributed by atoms with E-state index in [4.69, 9.17) is 4.74 Å². The van der Waals surface area contributed by atoms with Gasteiger partial charge in [-0.2, -0.15) is 5.10 Å². The fourth-order valence-corrected chi connectivity index (χ4v) is 3.49. The molecule has 0 spiro atoms. The molecule has 1 N–H and O–H groups in total. The third-order valence-corrected chi connectivity index (χ3v) is 5.04. The first-order valence-electron chi connectivity index (χ1n) is 9.12. The molecule has 0 radical (unpaired) electrons. The summed E-state index contributed by atoms with van der Waals surface area (Å²) in [6.07, 6.45) is 0.838. The number of aromatic nitrogens is 2. The Hall–Kier alpha value is -1.44. The Morgan fingerprint density at radius 3 is 2.62 bits per heavy atom. The van der Waals surface area contributed by atoms with E-state index in [0.717, 1.165) is 63.5 Å². The SMILES string of the molecule is CCN1CCN(CCNC(=O)c2nn(CC)c3c2COCC3)CC1. The number of fused-ring (bicyclic) bond motifs is 1. The Morgan fingerprint density at radius 2 is 1.92 bits per heavy atom. The molecule has 0 unspecified atom stereocenters. The summed E-state index contributed by atoms with van der Waals surface area (Å²) in [7, 11) is 0. The predicted molar refractivity (Wildman–Crippen MR) is 92.1 cm³/mol. The van der Waals surface area contributed by atoms with Crippen LogP contribution in [-0.2, 0) is 24.3 Å². The quantitative estimate of drug-likeness (QED) is 0.812. The van der Waals surface area contributed by atoms with Crippen LogP contribution in [0.3, 0.4) is 0 Å². The van der Waals surface area contributed by atoms with Crippen molar-refractivity contribution >= 4 is 5.91 Å². The second kappa shape index (κ2) is 8.09. The van der Waals surface area contributed by atoms with Crippen molar-refractivity contribution < 1.29 is 9.53 Å². The Morgan fingerprint density at radius 1 is 1.17 bits per heavy atom. The summed E-state index contributed by atoms with van der Waals surface area (Å²) >= 11 is 0. The molecule has 1 saturated heterocycles. The van der Waals surface area contributed by atoms with E-state index in [0.29, 0.717) is 25.5 Å². The van der Waals surface area contributed by atoms with E-state index in [1.165, 1.54) is 0 Å². The molecule has 7 heteroatoms. The normalized spacial score (nSPS) is 19.2. The summed E-state index contributed by atoms with van der Waals surface area (Å²) in [6.45, 7) is 13.4. The van der Waals surface area contributed by atoms with Gasteiger partial charge >= 0.3 is 0 Å². The second-order valence-corrected chi connectivity index (χ2v) is 6.42. The Balaban J connectivity index is 1.52. The third kappa shape index (κ3) is 3.79. The number of carbonyl (C=O) groups excluding carboxylic acids is 1. The molecule has 0 saturated carbocycles. The molecule has 24 heavy (non-hydrogen) atoms. The number of hydrogen-bond acceptors (Lipinski definition) is 5. The van der Waals surface area contributed by atoms with Crippen LogP contribution in [0.15, 0.2) is 0 Å². The van der Waals surface area contributed by atoms with Crippen LogP contribution in [0.1, 0.15) is 35.6 Å². The van der Waals surface area contributed by atoms with Gasteiger partial charge in [-0.3, -0.25) is 14.4 Å². The summed E-state index contributed by atoms with van der Waals surface area (Å²) in [5.41, 5.74) is 2.67. The maximum atomic E-state index is 12.5. The zero-order valence-electron chi connectivity index (χ0n) is 14.9. The predicted octanol–water partition coefficient (Wildman–Crippen LogP) is 0.343. The van der Waals surface area contributed by atoms with Crippen molar-refractivity contribution in [2.75, 3.05) is 52.4 Å². The van der Waals surface area contributed by atoms with E-state index in [9.17, 15) is 4.79 Å². The van der Waals surface area contributed by atoms with Gasteiger partial charge < -0.3 is 15.0 Å². The molecule has 1 amide bonds. The highest BCUT2D eigenvalue weighted by atomic mass is 16.5. The molecule has 2 aliphatic heterocycles. The van der Waals surface area contributed by atoms with E-state index in [2.05, 4.69) is 34.1 Å². The molecule has 3 rings (SSSR count). The van der Waals surface area contributed by atoms with Crippen molar-refractivity contribution in [1.82, 2.24) is 24.9 Å². The van der Waals surface area contributed by atoms with Gasteiger partial charge in [0.25, 0.3) is 5.91 Å². The Kier molecular flexibility index (Phi) is 5.86. The average molecular weight is 335 g/mol. The number of amides is 1. The topological polar surface area (TPSA) is 62.6 Å². The molecule has 0 aromatic carbocycles. The van der Waals surface area contributed by atoms with Crippen LogP contribution >= 0.6 is 0 Å². The minimum Gasteiger partial charge on any atom is -0.376 e. The van der Waals surface area contributed by atoms with Crippen molar-refractivity contribution in [2.45, 2.75) is 33.4 Å². The Labute approximate surface area is 143 Å². The van der Waals surface area contributed by atoms with E-state index < -0.39 is 0 Å². The number of hydrogen-bond donors (Lipinski definition) is 1. The molecule has 1 aromatic rings. The Bertz CT molecular complexity index is 564. The number of piperazine rings is 1. The highest BCUT2D eigenvalue weighted by molar-refractivity contribution is 5.94. The number of aryl methyl sites for hydroxylation is 1. The minimum absolute atomic E-state index is 0.0730. The van der Waals surface area contributed by atoms with E-state index in [1.54, 1.807) is 0 Å². The molecule has 1 fully saturated rings. The summed E-state index contributed by atoms with van der Waals surface area (Å²) in [5.74, 6) is -0.0730. The summed E-state index contributed by atoms with van der Waals surface area (Å²) in [5, 5.41) is 7.53. The van der Waals surface area contributed by atoms with Crippen LogP contribution in [0.2, 0.25) is 0 Å². The monoisotopic (exact) mass is 335 g/mol. The standard InChI is InChI=1S/C17H29N5O2/c1-3-20-8-10-21(11-9-20)7-6-18-17(23)16-14-13-24-12-5-15(14)22(4-2)19-16/h3-13H2,1-2H3,(H,18,23). The lowest BCUT2D eigenvalue weighted by Crippen LogP contribution is -2.48. The average Bonchev–Trinajstić information content (AvgIpc) is 3.01. The maximum absolute atomic E-state index is 12.5. The van der Waals surface area contributed by atoms with Gasteiger partial charge in [0.15, 0.2) is 5.69 Å². The van der Waals surface area contributed by atoms with Gasteiger partial charge in [-0.05, 0) is 13.5 Å². The maximum Gasteiger partial charge on any atom is 0.272 e. The molecule has 1 aromatic heterocycles. The van der Waals surface area contributed by atoms with Crippen LogP contribution < -0.4 is 5.32 Å². The first kappa shape index (κ1) is 17.4. The van der Waals surface area contributed by atoms with E-state index in [-0.39, 0.29) is 5.91 Å². The minimum atomic E-state index is -0.0730. The van der Waals surface area contributed by atoms with Gasteiger partial charge in [0.05, 0.1) is 13.2 Å². The number of ether oxygens (including phenoxy) is 1. The van der Waals surface area contributed by atoms with Gasteiger partial charge in [-0.1, -0.05) is 6.92 Å². The number of nitrogens with zero attached hydrogens (tertiary/aromatic N) is 4. The summed E-state index contributed by atoms with van der Waals surface area (Å²) in [6, 6.07) is 0. The highest BCUT2D eigenvalue weighted by Crippen LogP contribution is 2.20. The smallest absolute Gasteiger partial charge is 0.272 e. The van der Waals surface area contributed by atoms with Crippen molar-refractivity contribution in [1.29, 1.82) is 0 Å². The lowest BCUT2D eigenvalue weighted by atomic mass is 10.1. The molecular formula is C17H29N5O2. The fraction of sp³-hybridized carbons (Fsp3) is 0.765. The van der Waals surface area contributed by atoms with Gasteiger partial charge in [0.2, 0.25) is 0 Å². The van der Waals surface area contributed by atoms with Crippen molar-refractivity contribution in [3.05, 3.63) is 17.0 Å². The van der Waals surface area contributed by atoms with Gasteiger partial charge in [0.1, 0.15) is 0 Å². The van der Waals surface area contributed by atoms with E-state index in [1.807, 2.05) is 4.68 Å². The lowest BCUT2D eigenvalue weighted by molar-refractivity contribution is 0.0911. The van der Waals surface area contributed by atoms with Crippen LogP contribution in [0, 0.1) is 0 Å². The number of nitrogens with one attached hydrogen (secondary N) is 1. The fourth-order valence-electron chi connectivity index (χ4n) is 3.49. The van der Waals surface area contributed by atoms with Gasteiger partial charge in [-0.25, -0.2) is 0 Å². The summed E-state index contributed by atoms with van der Waals surface area (Å²) < 4.78 is 7.46. The molecule has 0 atom stereocenters. The number of carbonyl (C=O) groups is 1.